The van der Waals surface area contributed by atoms with Crippen LogP contribution in [0.15, 0.2) is 18.3 Å². The summed E-state index contributed by atoms with van der Waals surface area (Å²) in [5.74, 6) is 0.981. The number of piperidine rings is 1. The molecule has 1 aromatic heterocycles. The quantitative estimate of drug-likeness (QED) is 0.887. The molecule has 1 aromatic rings. The van der Waals surface area contributed by atoms with Crippen molar-refractivity contribution in [1.82, 2.24) is 10.3 Å². The highest BCUT2D eigenvalue weighted by Crippen LogP contribution is 2.38. The summed E-state index contributed by atoms with van der Waals surface area (Å²) in [5.41, 5.74) is 0.418. The van der Waals surface area contributed by atoms with Gasteiger partial charge in [0.1, 0.15) is 5.82 Å². The zero-order chi connectivity index (χ0) is 15.8. The number of carbonyl (C=O) groups is 1. The summed E-state index contributed by atoms with van der Waals surface area (Å²) in [6, 6.07) is 3.65. The highest BCUT2D eigenvalue weighted by atomic mass is 32.2. The molecule has 1 spiro atoms. The summed E-state index contributed by atoms with van der Waals surface area (Å²) in [6.07, 6.45) is 5.64. The standard InChI is InChI=1S/C15H21N3O3S/c1-22(20,21)10-12-3-4-13(17-9-12)18-8-6-15(11-18)5-2-7-16-14(15)19/h3-4,9H,2,5-8,10-11H2,1H3,(H,16,19). The summed E-state index contributed by atoms with van der Waals surface area (Å²) in [5, 5.41) is 2.97. The zero-order valence-electron chi connectivity index (χ0n) is 12.7. The highest BCUT2D eigenvalue weighted by Gasteiger charge is 2.45. The normalized spacial score (nSPS) is 25.5. The largest absolute Gasteiger partial charge is 0.356 e. The fourth-order valence-corrected chi connectivity index (χ4v) is 4.16. The van der Waals surface area contributed by atoms with Gasteiger partial charge in [0, 0.05) is 32.1 Å². The van der Waals surface area contributed by atoms with Crippen LogP contribution in [-0.2, 0) is 20.4 Å². The molecule has 2 aliphatic rings. The van der Waals surface area contributed by atoms with Crippen LogP contribution in [0.1, 0.15) is 24.8 Å². The first kappa shape index (κ1) is 15.3. The van der Waals surface area contributed by atoms with E-state index in [-0.39, 0.29) is 17.1 Å². The maximum Gasteiger partial charge on any atom is 0.228 e. The molecule has 0 aromatic carbocycles. The third-order valence-electron chi connectivity index (χ3n) is 4.52. The van der Waals surface area contributed by atoms with Gasteiger partial charge in [0.05, 0.1) is 11.2 Å². The number of pyridine rings is 1. The van der Waals surface area contributed by atoms with Crippen LogP contribution in [0.5, 0.6) is 0 Å². The minimum Gasteiger partial charge on any atom is -0.356 e. The van der Waals surface area contributed by atoms with Crippen LogP contribution in [0.4, 0.5) is 5.82 Å². The van der Waals surface area contributed by atoms with E-state index in [0.29, 0.717) is 12.1 Å². The molecule has 7 heteroatoms. The molecule has 1 atom stereocenters. The monoisotopic (exact) mass is 323 g/mol. The summed E-state index contributed by atoms with van der Waals surface area (Å²) in [4.78, 5) is 18.7. The van der Waals surface area contributed by atoms with Gasteiger partial charge in [-0.2, -0.15) is 0 Å². The van der Waals surface area contributed by atoms with Crippen LogP contribution < -0.4 is 10.2 Å². The first-order chi connectivity index (χ1) is 10.4. The van der Waals surface area contributed by atoms with Crippen LogP contribution >= 0.6 is 0 Å². The van der Waals surface area contributed by atoms with Crippen LogP contribution in [0.25, 0.3) is 0 Å². The first-order valence-electron chi connectivity index (χ1n) is 7.54. The van der Waals surface area contributed by atoms with Gasteiger partial charge in [0.25, 0.3) is 0 Å². The van der Waals surface area contributed by atoms with Crippen LogP contribution in [-0.4, -0.2) is 45.2 Å². The Morgan fingerprint density at radius 2 is 2.18 bits per heavy atom. The number of hydrogen-bond donors (Lipinski definition) is 1. The van der Waals surface area contributed by atoms with Gasteiger partial charge in [0.2, 0.25) is 5.91 Å². The molecule has 0 bridgehead atoms. The lowest BCUT2D eigenvalue weighted by molar-refractivity contribution is -0.132. The molecule has 2 fully saturated rings. The molecule has 3 heterocycles. The number of anilines is 1. The van der Waals surface area contributed by atoms with Crippen molar-refractivity contribution in [1.29, 1.82) is 0 Å². The van der Waals surface area contributed by atoms with Crippen molar-refractivity contribution in [3.05, 3.63) is 23.9 Å². The van der Waals surface area contributed by atoms with Crippen molar-refractivity contribution in [3.8, 4) is 0 Å². The minimum absolute atomic E-state index is 0.00657. The SMILES string of the molecule is CS(=O)(=O)Cc1ccc(N2CCC3(CCCNC3=O)C2)nc1. The Bertz CT molecular complexity index is 672. The molecule has 1 N–H and O–H groups in total. The predicted octanol–water partition coefficient (Wildman–Crippen LogP) is 0.733. The second kappa shape index (κ2) is 5.53. The molecule has 1 unspecified atom stereocenters. The first-order valence-corrected chi connectivity index (χ1v) is 9.60. The molecule has 3 rings (SSSR count). The van der Waals surface area contributed by atoms with Gasteiger partial charge in [0.15, 0.2) is 9.84 Å². The number of nitrogens with one attached hydrogen (secondary N) is 1. The van der Waals surface area contributed by atoms with Crippen molar-refractivity contribution in [2.75, 3.05) is 30.8 Å². The number of hydrogen-bond acceptors (Lipinski definition) is 5. The van der Waals surface area contributed by atoms with Crippen LogP contribution in [0.3, 0.4) is 0 Å². The number of rotatable bonds is 3. The van der Waals surface area contributed by atoms with Gasteiger partial charge in [-0.25, -0.2) is 13.4 Å². The molecule has 1 amide bonds. The Balaban J connectivity index is 1.72. The summed E-state index contributed by atoms with van der Waals surface area (Å²) in [6.45, 7) is 2.28. The number of carbonyl (C=O) groups excluding carboxylic acids is 1. The molecule has 0 radical (unpaired) electrons. The summed E-state index contributed by atoms with van der Waals surface area (Å²) < 4.78 is 22.6. The molecule has 22 heavy (non-hydrogen) atoms. The van der Waals surface area contributed by atoms with Gasteiger partial charge in [-0.1, -0.05) is 6.07 Å². The Morgan fingerprint density at radius 1 is 1.36 bits per heavy atom. The van der Waals surface area contributed by atoms with E-state index in [4.69, 9.17) is 0 Å². The summed E-state index contributed by atoms with van der Waals surface area (Å²) >= 11 is 0. The Hall–Kier alpha value is -1.63. The maximum atomic E-state index is 12.2. The lowest BCUT2D eigenvalue weighted by Crippen LogP contribution is -2.47. The smallest absolute Gasteiger partial charge is 0.228 e. The van der Waals surface area contributed by atoms with E-state index in [9.17, 15) is 13.2 Å². The molecular weight excluding hydrogens is 302 g/mol. The van der Waals surface area contributed by atoms with Gasteiger partial charge >= 0.3 is 0 Å². The third kappa shape index (κ3) is 3.09. The fraction of sp³-hybridized carbons (Fsp3) is 0.600. The van der Waals surface area contributed by atoms with Gasteiger partial charge in [-0.05, 0) is 30.9 Å². The van der Waals surface area contributed by atoms with Crippen molar-refractivity contribution in [3.63, 3.8) is 0 Å². The number of amides is 1. The average Bonchev–Trinajstić information content (AvgIpc) is 2.87. The Kier molecular flexibility index (Phi) is 3.84. The lowest BCUT2D eigenvalue weighted by Gasteiger charge is -2.32. The van der Waals surface area contributed by atoms with E-state index in [0.717, 1.165) is 38.2 Å². The second-order valence-electron chi connectivity index (χ2n) is 6.41. The van der Waals surface area contributed by atoms with E-state index >= 15 is 0 Å². The topological polar surface area (TPSA) is 79.4 Å². The molecule has 0 saturated carbocycles. The van der Waals surface area contributed by atoms with Crippen molar-refractivity contribution in [2.24, 2.45) is 5.41 Å². The maximum absolute atomic E-state index is 12.2. The van der Waals surface area contributed by atoms with Crippen molar-refractivity contribution < 1.29 is 13.2 Å². The van der Waals surface area contributed by atoms with Gasteiger partial charge in [-0.3, -0.25) is 4.79 Å². The third-order valence-corrected chi connectivity index (χ3v) is 5.37. The molecular formula is C15H21N3O3S. The molecule has 2 aliphatic heterocycles. The number of aromatic nitrogens is 1. The van der Waals surface area contributed by atoms with Gasteiger partial charge in [-0.15, -0.1) is 0 Å². The number of nitrogens with zero attached hydrogens (tertiary/aromatic N) is 2. The van der Waals surface area contributed by atoms with E-state index in [1.54, 1.807) is 12.3 Å². The van der Waals surface area contributed by atoms with E-state index < -0.39 is 9.84 Å². The van der Waals surface area contributed by atoms with Crippen molar-refractivity contribution in [2.45, 2.75) is 25.0 Å². The lowest BCUT2D eigenvalue weighted by atomic mass is 9.79. The predicted molar refractivity (Wildman–Crippen MR) is 84.3 cm³/mol. The number of sulfone groups is 1. The van der Waals surface area contributed by atoms with Crippen LogP contribution in [0.2, 0.25) is 0 Å². The van der Waals surface area contributed by atoms with Crippen molar-refractivity contribution >= 4 is 21.6 Å². The van der Waals surface area contributed by atoms with E-state index in [1.807, 2.05) is 6.07 Å². The Morgan fingerprint density at radius 3 is 2.82 bits per heavy atom. The minimum atomic E-state index is -3.05. The zero-order valence-corrected chi connectivity index (χ0v) is 13.5. The molecule has 2 saturated heterocycles. The fourth-order valence-electron chi connectivity index (χ4n) is 3.38. The average molecular weight is 323 g/mol. The molecule has 0 aliphatic carbocycles. The molecule has 6 nitrogen and oxygen atoms in total. The van der Waals surface area contributed by atoms with E-state index in [1.165, 1.54) is 6.26 Å². The van der Waals surface area contributed by atoms with Gasteiger partial charge < -0.3 is 10.2 Å². The summed E-state index contributed by atoms with van der Waals surface area (Å²) in [7, 11) is -3.05. The Labute approximate surface area is 130 Å². The highest BCUT2D eigenvalue weighted by molar-refractivity contribution is 7.89. The second-order valence-corrected chi connectivity index (χ2v) is 8.55. The van der Waals surface area contributed by atoms with E-state index in [2.05, 4.69) is 15.2 Å². The van der Waals surface area contributed by atoms with Crippen LogP contribution in [0, 0.1) is 5.41 Å². The molecule has 120 valence electrons.